The largest absolute Gasteiger partial charge is 0.481 e. The molecule has 0 spiro atoms. The Bertz CT molecular complexity index is 486. The zero-order valence-corrected chi connectivity index (χ0v) is 11.4. The van der Waals surface area contributed by atoms with Crippen LogP contribution in [0.5, 0.6) is 0 Å². The van der Waals surface area contributed by atoms with Crippen LogP contribution in [-0.4, -0.2) is 27.6 Å². The summed E-state index contributed by atoms with van der Waals surface area (Å²) >= 11 is 0. The summed E-state index contributed by atoms with van der Waals surface area (Å²) in [6, 6.07) is 3.19. The highest BCUT2D eigenvalue weighted by atomic mass is 16.4. The molecule has 20 heavy (non-hydrogen) atoms. The van der Waals surface area contributed by atoms with Crippen molar-refractivity contribution in [1.29, 1.82) is 0 Å². The van der Waals surface area contributed by atoms with E-state index in [0.29, 0.717) is 0 Å². The number of carbonyl (C=O) groups is 2. The predicted molar refractivity (Wildman–Crippen MR) is 73.2 cm³/mol. The van der Waals surface area contributed by atoms with Crippen LogP contribution in [0.4, 0.5) is 4.79 Å². The van der Waals surface area contributed by atoms with Crippen molar-refractivity contribution in [3.63, 3.8) is 0 Å². The molecule has 1 aliphatic carbocycles. The zero-order chi connectivity index (χ0) is 14.6. The van der Waals surface area contributed by atoms with Gasteiger partial charge in [0.05, 0.1) is 18.0 Å². The first kappa shape index (κ1) is 14.3. The van der Waals surface area contributed by atoms with Crippen molar-refractivity contribution in [2.75, 3.05) is 0 Å². The number of urea groups is 1. The number of pyridine rings is 1. The molecule has 108 valence electrons. The van der Waals surface area contributed by atoms with Crippen LogP contribution < -0.4 is 10.6 Å². The molecule has 0 saturated heterocycles. The Hall–Kier alpha value is -2.11. The van der Waals surface area contributed by atoms with Crippen LogP contribution in [-0.2, 0) is 4.79 Å². The summed E-state index contributed by atoms with van der Waals surface area (Å²) in [6.45, 7) is 1.87. The molecule has 6 heteroatoms. The van der Waals surface area contributed by atoms with Gasteiger partial charge in [-0.05, 0) is 43.9 Å². The van der Waals surface area contributed by atoms with Gasteiger partial charge in [-0.3, -0.25) is 9.78 Å². The average molecular weight is 277 g/mol. The van der Waals surface area contributed by atoms with Gasteiger partial charge in [-0.1, -0.05) is 0 Å². The Morgan fingerprint density at radius 1 is 1.40 bits per heavy atom. The van der Waals surface area contributed by atoms with E-state index in [1.807, 2.05) is 19.1 Å². The van der Waals surface area contributed by atoms with Crippen molar-refractivity contribution in [2.24, 2.45) is 0 Å². The maximum atomic E-state index is 12.0. The minimum atomic E-state index is -0.882. The molecule has 1 atom stereocenters. The van der Waals surface area contributed by atoms with Gasteiger partial charge in [-0.25, -0.2) is 4.79 Å². The molecular weight excluding hydrogens is 258 g/mol. The normalized spacial score (nSPS) is 17.6. The van der Waals surface area contributed by atoms with Gasteiger partial charge in [-0.15, -0.1) is 0 Å². The van der Waals surface area contributed by atoms with Crippen molar-refractivity contribution in [3.8, 4) is 0 Å². The molecule has 0 bridgehead atoms. The van der Waals surface area contributed by atoms with Gasteiger partial charge in [0.1, 0.15) is 0 Å². The highest BCUT2D eigenvalue weighted by molar-refractivity contribution is 5.77. The number of carboxylic acid groups (broad SMARTS) is 1. The third kappa shape index (κ3) is 3.46. The second-order valence-electron chi connectivity index (χ2n) is 5.31. The molecule has 0 aromatic carbocycles. The second kappa shape index (κ2) is 5.90. The molecule has 1 aliphatic rings. The summed E-state index contributed by atoms with van der Waals surface area (Å²) in [5.41, 5.74) is 0.379. The van der Waals surface area contributed by atoms with Crippen molar-refractivity contribution in [1.82, 2.24) is 15.6 Å². The smallest absolute Gasteiger partial charge is 0.315 e. The number of aromatic nitrogens is 1. The molecule has 1 heterocycles. The van der Waals surface area contributed by atoms with Crippen LogP contribution in [0.2, 0.25) is 0 Å². The molecule has 1 unspecified atom stereocenters. The lowest BCUT2D eigenvalue weighted by Gasteiger charge is -2.41. The van der Waals surface area contributed by atoms with Crippen molar-refractivity contribution in [2.45, 2.75) is 44.2 Å². The first-order chi connectivity index (χ1) is 9.51. The van der Waals surface area contributed by atoms with Gasteiger partial charge in [0, 0.05) is 12.4 Å². The van der Waals surface area contributed by atoms with E-state index in [9.17, 15) is 9.59 Å². The number of aliphatic carboxylic acids is 1. The average Bonchev–Trinajstić information content (AvgIpc) is 2.36. The van der Waals surface area contributed by atoms with E-state index in [4.69, 9.17) is 5.11 Å². The van der Waals surface area contributed by atoms with Crippen molar-refractivity contribution in [3.05, 3.63) is 30.1 Å². The zero-order valence-electron chi connectivity index (χ0n) is 11.4. The molecule has 6 nitrogen and oxygen atoms in total. The van der Waals surface area contributed by atoms with Crippen LogP contribution in [0.15, 0.2) is 24.5 Å². The highest BCUT2D eigenvalue weighted by Gasteiger charge is 2.40. The number of amides is 2. The van der Waals surface area contributed by atoms with Crippen LogP contribution >= 0.6 is 0 Å². The maximum Gasteiger partial charge on any atom is 0.315 e. The van der Waals surface area contributed by atoms with Crippen LogP contribution in [0.25, 0.3) is 0 Å². The lowest BCUT2D eigenvalue weighted by atomic mass is 9.74. The summed E-state index contributed by atoms with van der Waals surface area (Å²) in [4.78, 5) is 26.8. The van der Waals surface area contributed by atoms with E-state index in [-0.39, 0.29) is 18.5 Å². The van der Waals surface area contributed by atoms with Crippen LogP contribution in [0.3, 0.4) is 0 Å². The number of hydrogen-bond donors (Lipinski definition) is 3. The van der Waals surface area contributed by atoms with E-state index in [1.165, 1.54) is 0 Å². The van der Waals surface area contributed by atoms with Gasteiger partial charge in [0.2, 0.25) is 0 Å². The quantitative estimate of drug-likeness (QED) is 0.765. The van der Waals surface area contributed by atoms with Crippen LogP contribution in [0, 0.1) is 0 Å². The fraction of sp³-hybridized carbons (Fsp3) is 0.500. The SMILES string of the molecule is CC(NC(=O)NC1(CC(=O)O)CCC1)c1ccncc1. The minimum Gasteiger partial charge on any atom is -0.481 e. The molecule has 2 rings (SSSR count). The predicted octanol–water partition coefficient (Wildman–Crippen LogP) is 1.84. The number of carbonyl (C=O) groups excluding carboxylic acids is 1. The van der Waals surface area contributed by atoms with E-state index >= 15 is 0 Å². The van der Waals surface area contributed by atoms with Gasteiger partial charge < -0.3 is 15.7 Å². The van der Waals surface area contributed by atoms with Crippen molar-refractivity contribution < 1.29 is 14.7 Å². The van der Waals surface area contributed by atoms with E-state index in [2.05, 4.69) is 15.6 Å². The standard InChI is InChI=1S/C14H19N3O3/c1-10(11-3-7-15-8-4-11)16-13(20)17-14(5-2-6-14)9-12(18)19/h3-4,7-8,10H,2,5-6,9H2,1H3,(H,18,19)(H2,16,17,20). The monoisotopic (exact) mass is 277 g/mol. The third-order valence-corrected chi connectivity index (χ3v) is 3.73. The molecule has 1 saturated carbocycles. The lowest BCUT2D eigenvalue weighted by Crippen LogP contribution is -2.57. The molecular formula is C14H19N3O3. The Kier molecular flexibility index (Phi) is 4.22. The van der Waals surface area contributed by atoms with Crippen LogP contribution in [0.1, 0.15) is 44.2 Å². The lowest BCUT2D eigenvalue weighted by molar-refractivity contribution is -0.139. The first-order valence-corrected chi connectivity index (χ1v) is 6.71. The summed E-state index contributed by atoms with van der Waals surface area (Å²) < 4.78 is 0. The van der Waals surface area contributed by atoms with Gasteiger partial charge >= 0.3 is 12.0 Å². The Labute approximate surface area is 117 Å². The topological polar surface area (TPSA) is 91.3 Å². The molecule has 1 aromatic rings. The molecule has 0 aliphatic heterocycles. The van der Waals surface area contributed by atoms with Gasteiger partial charge in [0.15, 0.2) is 0 Å². The fourth-order valence-electron chi connectivity index (χ4n) is 2.45. The first-order valence-electron chi connectivity index (χ1n) is 6.71. The number of carboxylic acids is 1. The minimum absolute atomic E-state index is 0.0238. The summed E-state index contributed by atoms with van der Waals surface area (Å²) in [7, 11) is 0. The third-order valence-electron chi connectivity index (χ3n) is 3.73. The number of nitrogens with one attached hydrogen (secondary N) is 2. The van der Waals surface area contributed by atoms with E-state index in [0.717, 1.165) is 24.8 Å². The number of hydrogen-bond acceptors (Lipinski definition) is 3. The fourth-order valence-corrected chi connectivity index (χ4v) is 2.45. The van der Waals surface area contributed by atoms with E-state index < -0.39 is 11.5 Å². The van der Waals surface area contributed by atoms with Gasteiger partial charge in [0.25, 0.3) is 0 Å². The molecule has 3 N–H and O–H groups in total. The Balaban J connectivity index is 1.90. The second-order valence-corrected chi connectivity index (χ2v) is 5.31. The molecule has 1 aromatic heterocycles. The molecule has 2 amide bonds. The Morgan fingerprint density at radius 2 is 2.05 bits per heavy atom. The number of nitrogens with zero attached hydrogens (tertiary/aromatic N) is 1. The Morgan fingerprint density at radius 3 is 2.55 bits per heavy atom. The van der Waals surface area contributed by atoms with E-state index in [1.54, 1.807) is 12.4 Å². The number of rotatable bonds is 5. The highest BCUT2D eigenvalue weighted by Crippen LogP contribution is 2.34. The summed E-state index contributed by atoms with van der Waals surface area (Å²) in [6.07, 6.45) is 5.71. The molecule has 1 fully saturated rings. The summed E-state index contributed by atoms with van der Waals surface area (Å²) in [5.74, 6) is -0.882. The van der Waals surface area contributed by atoms with Gasteiger partial charge in [-0.2, -0.15) is 0 Å². The van der Waals surface area contributed by atoms with Crippen molar-refractivity contribution >= 4 is 12.0 Å². The molecule has 0 radical (unpaired) electrons. The summed E-state index contributed by atoms with van der Waals surface area (Å²) in [5, 5.41) is 14.5. The maximum absolute atomic E-state index is 12.0.